The number of anilines is 3. The van der Waals surface area contributed by atoms with Crippen LogP contribution in [0.3, 0.4) is 0 Å². The molecule has 0 fully saturated rings. The highest BCUT2D eigenvalue weighted by atomic mass is 35.5. The average Bonchev–Trinajstić information content (AvgIpc) is 3.22. The molecule has 11 heteroatoms. The van der Waals surface area contributed by atoms with E-state index in [1.807, 2.05) is 37.5 Å². The predicted octanol–water partition coefficient (Wildman–Crippen LogP) is 4.83. The first-order valence-electron chi connectivity index (χ1n) is 11.4. The molecule has 36 heavy (non-hydrogen) atoms. The quantitative estimate of drug-likeness (QED) is 0.324. The zero-order valence-electron chi connectivity index (χ0n) is 20.6. The lowest BCUT2D eigenvalue weighted by molar-refractivity contribution is -0.116. The number of aryl methyl sites for hydroxylation is 3. The number of halogens is 1. The molecular weight excluding hydrogens is 500 g/mol. The van der Waals surface area contributed by atoms with Crippen molar-refractivity contribution in [1.29, 1.82) is 0 Å². The number of nitrogens with one attached hydrogen (secondary N) is 3. The van der Waals surface area contributed by atoms with Crippen LogP contribution in [0, 0.1) is 13.8 Å². The fraction of sp³-hybridized carbons (Fsp3) is 0.320. The van der Waals surface area contributed by atoms with Gasteiger partial charge in [-0.05, 0) is 62.2 Å². The second-order valence-electron chi connectivity index (χ2n) is 8.20. The molecule has 2 aromatic carbocycles. The van der Waals surface area contributed by atoms with E-state index < -0.39 is 0 Å². The highest BCUT2D eigenvalue weighted by molar-refractivity contribution is 7.99. The number of carbonyl (C=O) groups is 3. The molecule has 3 amide bonds. The molecule has 0 radical (unpaired) electrons. The molecule has 0 saturated heterocycles. The van der Waals surface area contributed by atoms with Crippen molar-refractivity contribution >= 4 is 58.1 Å². The number of thioether (sulfide) groups is 1. The number of nitrogens with zero attached hydrogens (tertiary/aromatic N) is 3. The lowest BCUT2D eigenvalue weighted by Gasteiger charge is -2.10. The Morgan fingerprint density at radius 1 is 0.944 bits per heavy atom. The molecule has 1 aromatic heterocycles. The second kappa shape index (κ2) is 12.5. The van der Waals surface area contributed by atoms with Crippen LogP contribution in [0.5, 0.6) is 0 Å². The van der Waals surface area contributed by atoms with Gasteiger partial charge >= 0.3 is 0 Å². The first kappa shape index (κ1) is 27.2. The van der Waals surface area contributed by atoms with Crippen molar-refractivity contribution < 1.29 is 14.4 Å². The number of aromatic nitrogens is 3. The van der Waals surface area contributed by atoms with Crippen LogP contribution in [0.4, 0.5) is 17.1 Å². The van der Waals surface area contributed by atoms with Crippen molar-refractivity contribution in [3.8, 4) is 0 Å². The van der Waals surface area contributed by atoms with E-state index in [-0.39, 0.29) is 29.9 Å². The van der Waals surface area contributed by atoms with Crippen LogP contribution in [-0.2, 0) is 27.3 Å². The Kier molecular flexibility index (Phi) is 9.49. The minimum Gasteiger partial charge on any atom is -0.326 e. The molecule has 0 bridgehead atoms. The van der Waals surface area contributed by atoms with Crippen LogP contribution in [0.15, 0.2) is 41.6 Å². The molecule has 1 heterocycles. The van der Waals surface area contributed by atoms with Gasteiger partial charge in [-0.2, -0.15) is 0 Å². The predicted molar refractivity (Wildman–Crippen MR) is 144 cm³/mol. The van der Waals surface area contributed by atoms with Gasteiger partial charge in [0.1, 0.15) is 5.82 Å². The summed E-state index contributed by atoms with van der Waals surface area (Å²) in [5.74, 6) is 0.354. The normalized spacial score (nSPS) is 10.7. The number of hydrogen-bond donors (Lipinski definition) is 3. The van der Waals surface area contributed by atoms with Crippen molar-refractivity contribution in [3.63, 3.8) is 0 Å². The van der Waals surface area contributed by atoms with Crippen molar-refractivity contribution in [2.45, 2.75) is 52.2 Å². The molecule has 0 saturated carbocycles. The molecule has 3 rings (SSSR count). The average molecular weight is 529 g/mol. The molecule has 0 aliphatic carbocycles. The number of carbonyl (C=O) groups excluding carboxylic acids is 3. The minimum atomic E-state index is -0.185. The third-order valence-electron chi connectivity index (χ3n) is 5.29. The van der Waals surface area contributed by atoms with E-state index in [1.54, 1.807) is 24.3 Å². The molecule has 9 nitrogen and oxygen atoms in total. The summed E-state index contributed by atoms with van der Waals surface area (Å²) in [5, 5.41) is 18.1. The maximum absolute atomic E-state index is 12.5. The van der Waals surface area contributed by atoms with Crippen LogP contribution in [-0.4, -0.2) is 38.2 Å². The molecule has 0 aliphatic rings. The Morgan fingerprint density at radius 2 is 1.64 bits per heavy atom. The van der Waals surface area contributed by atoms with Gasteiger partial charge in [0.05, 0.1) is 5.75 Å². The third kappa shape index (κ3) is 7.56. The minimum absolute atomic E-state index is 0.144. The maximum Gasteiger partial charge on any atom is 0.234 e. The van der Waals surface area contributed by atoms with Gasteiger partial charge in [-0.3, -0.25) is 14.4 Å². The van der Waals surface area contributed by atoms with Crippen LogP contribution in [0.1, 0.15) is 37.2 Å². The maximum atomic E-state index is 12.5. The lowest BCUT2D eigenvalue weighted by atomic mass is 10.1. The van der Waals surface area contributed by atoms with Gasteiger partial charge in [-0.1, -0.05) is 29.4 Å². The highest BCUT2D eigenvalue weighted by Gasteiger charge is 2.15. The molecule has 0 spiro atoms. The van der Waals surface area contributed by atoms with Gasteiger partial charge in [0.25, 0.3) is 0 Å². The number of benzene rings is 2. The molecule has 0 atom stereocenters. The topological polar surface area (TPSA) is 118 Å². The van der Waals surface area contributed by atoms with E-state index >= 15 is 0 Å². The van der Waals surface area contributed by atoms with Crippen molar-refractivity contribution in [3.05, 3.63) is 58.4 Å². The van der Waals surface area contributed by atoms with Crippen molar-refractivity contribution in [2.24, 2.45) is 0 Å². The summed E-state index contributed by atoms with van der Waals surface area (Å²) < 4.78 is 1.90. The van der Waals surface area contributed by atoms with Crippen LogP contribution >= 0.6 is 23.4 Å². The SMILES string of the molecule is CCn1c(CCC(=O)Nc2ccc(C)c(Cl)c2)nnc1SCC(=O)Nc1ccc(NC(C)=O)c(C)c1. The van der Waals surface area contributed by atoms with E-state index in [0.717, 1.165) is 11.1 Å². The van der Waals surface area contributed by atoms with Gasteiger partial charge in [-0.15, -0.1) is 10.2 Å². The fourth-order valence-corrected chi connectivity index (χ4v) is 4.45. The second-order valence-corrected chi connectivity index (χ2v) is 9.55. The zero-order valence-corrected chi connectivity index (χ0v) is 22.2. The Balaban J connectivity index is 1.52. The Hall–Kier alpha value is -3.37. The van der Waals surface area contributed by atoms with Gasteiger partial charge in [0.2, 0.25) is 17.7 Å². The standard InChI is InChI=1S/C25H29ClN6O3S/c1-5-32-22(10-11-23(34)28-19-7-6-15(2)20(26)13-19)30-31-25(32)36-14-24(35)29-18-8-9-21(16(3)12-18)27-17(4)33/h6-9,12-13H,5,10-11,14H2,1-4H3,(H,27,33)(H,28,34)(H,29,35). The van der Waals surface area contributed by atoms with Crippen LogP contribution in [0.2, 0.25) is 5.02 Å². The van der Waals surface area contributed by atoms with E-state index in [0.29, 0.717) is 46.0 Å². The summed E-state index contributed by atoms with van der Waals surface area (Å²) >= 11 is 7.40. The Morgan fingerprint density at radius 3 is 2.31 bits per heavy atom. The largest absolute Gasteiger partial charge is 0.326 e. The van der Waals surface area contributed by atoms with Crippen LogP contribution in [0.25, 0.3) is 0 Å². The van der Waals surface area contributed by atoms with E-state index in [1.165, 1.54) is 18.7 Å². The van der Waals surface area contributed by atoms with Crippen LogP contribution < -0.4 is 16.0 Å². The van der Waals surface area contributed by atoms with E-state index in [9.17, 15) is 14.4 Å². The fourth-order valence-electron chi connectivity index (χ4n) is 3.45. The summed E-state index contributed by atoms with van der Waals surface area (Å²) in [4.78, 5) is 36.1. The Labute approximate surface area is 219 Å². The first-order chi connectivity index (χ1) is 17.2. The molecular formula is C25H29ClN6O3S. The van der Waals surface area contributed by atoms with Gasteiger partial charge in [-0.25, -0.2) is 0 Å². The first-order valence-corrected chi connectivity index (χ1v) is 12.8. The molecule has 3 aromatic rings. The van der Waals surface area contributed by atoms with Gasteiger partial charge in [0.15, 0.2) is 5.16 Å². The summed E-state index contributed by atoms with van der Waals surface area (Å²) in [6.07, 6.45) is 0.654. The summed E-state index contributed by atoms with van der Waals surface area (Å²) in [6, 6.07) is 10.7. The summed E-state index contributed by atoms with van der Waals surface area (Å²) in [7, 11) is 0. The zero-order chi connectivity index (χ0) is 26.2. The summed E-state index contributed by atoms with van der Waals surface area (Å²) in [6.45, 7) is 7.79. The highest BCUT2D eigenvalue weighted by Crippen LogP contribution is 2.22. The lowest BCUT2D eigenvalue weighted by Crippen LogP contribution is -2.16. The number of rotatable bonds is 10. The van der Waals surface area contributed by atoms with E-state index in [4.69, 9.17) is 11.6 Å². The third-order valence-corrected chi connectivity index (χ3v) is 6.67. The molecule has 0 aliphatic heterocycles. The molecule has 0 unspecified atom stereocenters. The Bertz CT molecular complexity index is 1280. The number of amides is 3. The van der Waals surface area contributed by atoms with Gasteiger partial charge in [0, 0.05) is 48.4 Å². The molecule has 190 valence electrons. The molecule has 3 N–H and O–H groups in total. The number of hydrogen-bond acceptors (Lipinski definition) is 6. The monoisotopic (exact) mass is 528 g/mol. The van der Waals surface area contributed by atoms with E-state index in [2.05, 4.69) is 26.1 Å². The smallest absolute Gasteiger partial charge is 0.234 e. The summed E-state index contributed by atoms with van der Waals surface area (Å²) in [5.41, 5.74) is 3.79. The van der Waals surface area contributed by atoms with Crippen molar-refractivity contribution in [2.75, 3.05) is 21.7 Å². The van der Waals surface area contributed by atoms with Crippen molar-refractivity contribution in [1.82, 2.24) is 14.8 Å². The van der Waals surface area contributed by atoms with Gasteiger partial charge < -0.3 is 20.5 Å².